The molecule has 1 fully saturated rings. The van der Waals surface area contributed by atoms with Crippen molar-refractivity contribution in [2.24, 2.45) is 5.73 Å². The molecule has 2 rings (SSSR count). The normalized spacial score (nSPS) is 15.4. The first kappa shape index (κ1) is 15.2. The highest BCUT2D eigenvalue weighted by Gasteiger charge is 2.17. The van der Waals surface area contributed by atoms with Crippen molar-refractivity contribution in [3.8, 4) is 5.75 Å². The highest BCUT2D eigenvalue weighted by atomic mass is 16.5. The van der Waals surface area contributed by atoms with E-state index in [-0.39, 0.29) is 35.6 Å². The fourth-order valence-corrected chi connectivity index (χ4v) is 2.56. The number of carbonyl (C=O) groups is 2. The number of benzene rings is 1. The maximum atomic E-state index is 11.9. The predicted octanol–water partition coefficient (Wildman–Crippen LogP) is 1.20. The summed E-state index contributed by atoms with van der Waals surface area (Å²) >= 11 is 0. The average molecular weight is 291 g/mol. The molecule has 0 bridgehead atoms. The summed E-state index contributed by atoms with van der Waals surface area (Å²) < 4.78 is 5.39. The highest BCUT2D eigenvalue weighted by molar-refractivity contribution is 5.97. The molecule has 6 nitrogen and oxygen atoms in total. The van der Waals surface area contributed by atoms with Gasteiger partial charge in [0.2, 0.25) is 0 Å². The van der Waals surface area contributed by atoms with Crippen molar-refractivity contribution < 1.29 is 14.3 Å². The molecule has 0 radical (unpaired) electrons. The van der Waals surface area contributed by atoms with Gasteiger partial charge in [-0.3, -0.25) is 9.59 Å². The minimum absolute atomic E-state index is 0.170. The molecule has 0 aromatic heterocycles. The summed E-state index contributed by atoms with van der Waals surface area (Å²) in [5.74, 6) is -0.672. The van der Waals surface area contributed by atoms with E-state index in [1.807, 2.05) is 0 Å². The minimum Gasteiger partial charge on any atom is -0.481 e. The van der Waals surface area contributed by atoms with Gasteiger partial charge in [0.15, 0.2) is 12.4 Å². The Labute approximate surface area is 123 Å². The van der Waals surface area contributed by atoms with Crippen molar-refractivity contribution in [1.82, 2.24) is 5.32 Å². The molecule has 1 saturated carbocycles. The molecule has 1 aliphatic carbocycles. The van der Waals surface area contributed by atoms with Gasteiger partial charge in [-0.25, -0.2) is 0 Å². The number of nitrogens with two attached hydrogens (primary N) is 2. The third-order valence-electron chi connectivity index (χ3n) is 3.63. The van der Waals surface area contributed by atoms with Crippen LogP contribution in [0.1, 0.15) is 42.5 Å². The van der Waals surface area contributed by atoms with E-state index in [1.54, 1.807) is 12.1 Å². The molecule has 21 heavy (non-hydrogen) atoms. The number of hydrogen-bond acceptors (Lipinski definition) is 4. The van der Waals surface area contributed by atoms with Gasteiger partial charge >= 0.3 is 0 Å². The maximum absolute atomic E-state index is 11.9. The van der Waals surface area contributed by atoms with Crippen molar-refractivity contribution in [3.05, 3.63) is 23.8 Å². The van der Waals surface area contributed by atoms with Crippen molar-refractivity contribution >= 4 is 17.5 Å². The van der Waals surface area contributed by atoms with Crippen molar-refractivity contribution in [2.75, 3.05) is 12.3 Å². The standard InChI is InChI=1S/C15H21N3O3/c16-12-8-4-7-11(15(17)20)14(12)21-9-13(19)18-10-5-2-1-3-6-10/h4,7-8,10H,1-3,5-6,9,16H2,(H2,17,20)(H,18,19). The van der Waals surface area contributed by atoms with Crippen molar-refractivity contribution in [2.45, 2.75) is 38.1 Å². The third-order valence-corrected chi connectivity index (χ3v) is 3.63. The molecule has 1 aliphatic rings. The number of nitrogen functional groups attached to an aromatic ring is 1. The number of anilines is 1. The molecular weight excluding hydrogens is 270 g/mol. The van der Waals surface area contributed by atoms with E-state index in [0.717, 1.165) is 25.7 Å². The largest absolute Gasteiger partial charge is 0.481 e. The van der Waals surface area contributed by atoms with Gasteiger partial charge in [-0.2, -0.15) is 0 Å². The Bertz CT molecular complexity index is 525. The van der Waals surface area contributed by atoms with Gasteiger partial charge in [0.25, 0.3) is 11.8 Å². The summed E-state index contributed by atoms with van der Waals surface area (Å²) in [6, 6.07) is 4.96. The van der Waals surface area contributed by atoms with Crippen LogP contribution in [0.25, 0.3) is 0 Å². The van der Waals surface area contributed by atoms with Crippen LogP contribution in [0.3, 0.4) is 0 Å². The van der Waals surface area contributed by atoms with E-state index >= 15 is 0 Å². The fraction of sp³-hybridized carbons (Fsp3) is 0.467. The number of carbonyl (C=O) groups excluding carboxylic acids is 2. The topological polar surface area (TPSA) is 107 Å². The zero-order chi connectivity index (χ0) is 15.2. The first-order valence-electron chi connectivity index (χ1n) is 7.18. The van der Waals surface area contributed by atoms with Crippen LogP contribution in [-0.2, 0) is 4.79 Å². The monoisotopic (exact) mass is 291 g/mol. The van der Waals surface area contributed by atoms with Crippen LogP contribution in [0.4, 0.5) is 5.69 Å². The van der Waals surface area contributed by atoms with Gasteiger partial charge in [0, 0.05) is 6.04 Å². The molecular formula is C15H21N3O3. The Morgan fingerprint density at radius 2 is 1.95 bits per heavy atom. The van der Waals surface area contributed by atoms with E-state index in [0.29, 0.717) is 0 Å². The molecule has 6 heteroatoms. The van der Waals surface area contributed by atoms with Crippen LogP contribution in [0.2, 0.25) is 0 Å². The molecule has 1 aromatic carbocycles. The molecule has 0 unspecified atom stereocenters. The third kappa shape index (κ3) is 4.11. The lowest BCUT2D eigenvalue weighted by Crippen LogP contribution is -2.39. The minimum atomic E-state index is -0.634. The van der Waals surface area contributed by atoms with E-state index in [1.165, 1.54) is 12.5 Å². The molecule has 5 N–H and O–H groups in total. The van der Waals surface area contributed by atoms with Crippen molar-refractivity contribution in [1.29, 1.82) is 0 Å². The van der Waals surface area contributed by atoms with Crippen LogP contribution >= 0.6 is 0 Å². The fourth-order valence-electron chi connectivity index (χ4n) is 2.56. The van der Waals surface area contributed by atoms with Gasteiger partial charge in [-0.1, -0.05) is 25.3 Å². The number of para-hydroxylation sites is 1. The van der Waals surface area contributed by atoms with Crippen LogP contribution in [-0.4, -0.2) is 24.5 Å². The smallest absolute Gasteiger partial charge is 0.258 e. The molecule has 1 aromatic rings. The number of nitrogens with one attached hydrogen (secondary N) is 1. The van der Waals surface area contributed by atoms with Gasteiger partial charge in [-0.15, -0.1) is 0 Å². The molecule has 0 heterocycles. The number of rotatable bonds is 5. The van der Waals surface area contributed by atoms with Crippen molar-refractivity contribution in [3.63, 3.8) is 0 Å². The van der Waals surface area contributed by atoms with Crippen LogP contribution in [0.5, 0.6) is 5.75 Å². The van der Waals surface area contributed by atoms with E-state index in [4.69, 9.17) is 16.2 Å². The van der Waals surface area contributed by atoms with Gasteiger partial charge < -0.3 is 21.5 Å². The van der Waals surface area contributed by atoms with Gasteiger partial charge in [-0.05, 0) is 25.0 Å². The van der Waals surface area contributed by atoms with E-state index in [9.17, 15) is 9.59 Å². The second kappa shape index (κ2) is 6.97. The Kier molecular flexibility index (Phi) is 5.03. The molecule has 2 amide bonds. The molecule has 114 valence electrons. The number of hydrogen-bond donors (Lipinski definition) is 3. The zero-order valence-corrected chi connectivity index (χ0v) is 11.9. The Morgan fingerprint density at radius 3 is 2.62 bits per heavy atom. The second-order valence-electron chi connectivity index (χ2n) is 5.28. The quantitative estimate of drug-likeness (QED) is 0.708. The van der Waals surface area contributed by atoms with Crippen LogP contribution in [0, 0.1) is 0 Å². The summed E-state index contributed by atoms with van der Waals surface area (Å²) in [5, 5.41) is 2.94. The number of amides is 2. The Morgan fingerprint density at radius 1 is 1.24 bits per heavy atom. The first-order chi connectivity index (χ1) is 10.1. The lowest BCUT2D eigenvalue weighted by atomic mass is 9.95. The summed E-state index contributed by atoms with van der Waals surface area (Å²) in [7, 11) is 0. The van der Waals surface area contributed by atoms with E-state index < -0.39 is 5.91 Å². The van der Waals surface area contributed by atoms with Crippen LogP contribution < -0.4 is 21.5 Å². The van der Waals surface area contributed by atoms with Gasteiger partial charge in [0.1, 0.15) is 0 Å². The summed E-state index contributed by atoms with van der Waals surface area (Å²) in [4.78, 5) is 23.2. The molecule has 0 spiro atoms. The lowest BCUT2D eigenvalue weighted by Gasteiger charge is -2.22. The number of ether oxygens (including phenoxy) is 1. The zero-order valence-electron chi connectivity index (χ0n) is 11.9. The molecule has 0 saturated heterocycles. The molecule has 0 atom stereocenters. The molecule has 0 aliphatic heterocycles. The van der Waals surface area contributed by atoms with Gasteiger partial charge in [0.05, 0.1) is 11.3 Å². The summed E-state index contributed by atoms with van der Waals surface area (Å²) in [6.45, 7) is -0.176. The Balaban J connectivity index is 1.93. The predicted molar refractivity (Wildman–Crippen MR) is 79.9 cm³/mol. The number of primary amides is 1. The lowest BCUT2D eigenvalue weighted by molar-refractivity contribution is -0.124. The summed E-state index contributed by atoms with van der Waals surface area (Å²) in [5.41, 5.74) is 11.5. The highest BCUT2D eigenvalue weighted by Crippen LogP contribution is 2.26. The average Bonchev–Trinajstić information content (AvgIpc) is 2.46. The maximum Gasteiger partial charge on any atom is 0.258 e. The SMILES string of the molecule is NC(=O)c1cccc(N)c1OCC(=O)NC1CCCCC1. The second-order valence-corrected chi connectivity index (χ2v) is 5.28. The summed E-state index contributed by atoms with van der Waals surface area (Å²) in [6.07, 6.45) is 5.52. The first-order valence-corrected chi connectivity index (χ1v) is 7.18. The van der Waals surface area contributed by atoms with Crippen LogP contribution in [0.15, 0.2) is 18.2 Å². The van der Waals surface area contributed by atoms with E-state index in [2.05, 4.69) is 5.32 Å². The Hall–Kier alpha value is -2.24.